The number of carbonyl (C=O) groups excluding carboxylic acids is 1. The summed E-state index contributed by atoms with van der Waals surface area (Å²) < 4.78 is 5.14. The molecule has 2 rings (SSSR count). The number of carboxylic acids is 1. The molecular weight excluding hydrogens is 306 g/mol. The summed E-state index contributed by atoms with van der Waals surface area (Å²) in [5, 5.41) is 11.9. The van der Waals surface area contributed by atoms with Crippen molar-refractivity contribution in [1.29, 1.82) is 0 Å². The molecule has 24 heavy (non-hydrogen) atoms. The number of hydrogen-bond donors (Lipinski definition) is 2. The van der Waals surface area contributed by atoms with Crippen molar-refractivity contribution in [3.05, 3.63) is 29.8 Å². The summed E-state index contributed by atoms with van der Waals surface area (Å²) in [5.74, 6) is -0.118. The van der Waals surface area contributed by atoms with Crippen LogP contribution in [-0.2, 0) is 16.0 Å². The van der Waals surface area contributed by atoms with Crippen molar-refractivity contribution in [1.82, 2.24) is 5.32 Å². The van der Waals surface area contributed by atoms with Gasteiger partial charge in [0.25, 0.3) is 0 Å². The first-order chi connectivity index (χ1) is 11.6. The molecule has 0 saturated heterocycles. The number of carbonyl (C=O) groups is 2. The number of nitrogens with one attached hydrogen (secondary N) is 1. The first-order valence-corrected chi connectivity index (χ1v) is 8.73. The number of unbranched alkanes of at least 4 members (excludes halogenated alkanes) is 2. The van der Waals surface area contributed by atoms with Crippen LogP contribution in [0.1, 0.15) is 50.5 Å². The summed E-state index contributed by atoms with van der Waals surface area (Å²) in [6.07, 6.45) is 6.50. The molecule has 0 unspecified atom stereocenters. The number of hydrogen-bond acceptors (Lipinski definition) is 3. The second-order valence-electron chi connectivity index (χ2n) is 6.52. The van der Waals surface area contributed by atoms with Gasteiger partial charge in [0.15, 0.2) is 0 Å². The van der Waals surface area contributed by atoms with Gasteiger partial charge in [0.1, 0.15) is 5.75 Å². The van der Waals surface area contributed by atoms with E-state index in [1.54, 1.807) is 7.11 Å². The summed E-state index contributed by atoms with van der Waals surface area (Å²) in [7, 11) is 1.66. The average molecular weight is 333 g/mol. The molecule has 0 bridgehead atoms. The average Bonchev–Trinajstić information content (AvgIpc) is 3.04. The quantitative estimate of drug-likeness (QED) is 0.681. The number of ether oxygens (including phenoxy) is 1. The van der Waals surface area contributed by atoms with Crippen molar-refractivity contribution in [2.24, 2.45) is 5.92 Å². The topological polar surface area (TPSA) is 75.6 Å². The first kappa shape index (κ1) is 18.3. The van der Waals surface area contributed by atoms with Crippen molar-refractivity contribution < 1.29 is 19.4 Å². The molecule has 2 N–H and O–H groups in total. The molecule has 1 saturated carbocycles. The highest BCUT2D eigenvalue weighted by molar-refractivity contribution is 5.76. The number of aryl methyl sites for hydroxylation is 1. The van der Waals surface area contributed by atoms with Crippen molar-refractivity contribution in [3.63, 3.8) is 0 Å². The second-order valence-corrected chi connectivity index (χ2v) is 6.52. The van der Waals surface area contributed by atoms with Crippen molar-refractivity contribution in [2.75, 3.05) is 7.11 Å². The molecule has 1 amide bonds. The molecule has 1 fully saturated rings. The maximum absolute atomic E-state index is 11.9. The number of benzene rings is 1. The number of aliphatic carboxylic acids is 1. The summed E-state index contributed by atoms with van der Waals surface area (Å²) in [5.41, 5.74) is 1.28. The number of methoxy groups -OCH3 is 1. The van der Waals surface area contributed by atoms with Crippen LogP contribution < -0.4 is 10.1 Å². The van der Waals surface area contributed by atoms with Gasteiger partial charge in [-0.3, -0.25) is 9.59 Å². The Bertz CT molecular complexity index is 541. The third-order valence-corrected chi connectivity index (χ3v) is 4.68. The maximum Gasteiger partial charge on any atom is 0.306 e. The van der Waals surface area contributed by atoms with E-state index in [1.807, 2.05) is 12.1 Å². The fourth-order valence-corrected chi connectivity index (χ4v) is 3.22. The second kappa shape index (κ2) is 9.30. The molecule has 5 nitrogen and oxygen atoms in total. The minimum absolute atomic E-state index is 0.0397. The number of rotatable bonds is 9. The first-order valence-electron chi connectivity index (χ1n) is 8.73. The third kappa shape index (κ3) is 5.87. The van der Waals surface area contributed by atoms with Crippen LogP contribution in [0.15, 0.2) is 24.3 Å². The fraction of sp³-hybridized carbons (Fsp3) is 0.579. The minimum Gasteiger partial charge on any atom is -0.497 e. The molecule has 1 aromatic carbocycles. The lowest BCUT2D eigenvalue weighted by Crippen LogP contribution is -2.33. The van der Waals surface area contributed by atoms with Crippen LogP contribution in [0.4, 0.5) is 0 Å². The predicted octanol–water partition coefficient (Wildman–Crippen LogP) is 3.17. The van der Waals surface area contributed by atoms with Crippen LogP contribution in [0.2, 0.25) is 0 Å². The van der Waals surface area contributed by atoms with E-state index in [9.17, 15) is 9.59 Å². The Hall–Kier alpha value is -2.04. The van der Waals surface area contributed by atoms with Gasteiger partial charge in [0, 0.05) is 12.5 Å². The highest BCUT2D eigenvalue weighted by Crippen LogP contribution is 2.25. The summed E-state index contributed by atoms with van der Waals surface area (Å²) in [6.45, 7) is 0. The van der Waals surface area contributed by atoms with Gasteiger partial charge in [-0.1, -0.05) is 18.6 Å². The molecule has 2 atom stereocenters. The van der Waals surface area contributed by atoms with Crippen molar-refractivity contribution >= 4 is 11.9 Å². The van der Waals surface area contributed by atoms with Crippen LogP contribution in [-0.4, -0.2) is 30.1 Å². The van der Waals surface area contributed by atoms with E-state index in [0.29, 0.717) is 19.3 Å². The predicted molar refractivity (Wildman–Crippen MR) is 92.1 cm³/mol. The van der Waals surface area contributed by atoms with E-state index in [-0.39, 0.29) is 17.9 Å². The van der Waals surface area contributed by atoms with Crippen LogP contribution in [0.25, 0.3) is 0 Å². The summed E-state index contributed by atoms with van der Waals surface area (Å²) in [4.78, 5) is 22.8. The Balaban J connectivity index is 1.55. The van der Waals surface area contributed by atoms with E-state index in [1.165, 1.54) is 5.56 Å². The van der Waals surface area contributed by atoms with E-state index in [0.717, 1.165) is 37.9 Å². The SMILES string of the molecule is COc1ccc(CCCCCC(=O)N[C@@H]2CC[C@H](C(=O)O)C2)cc1. The molecule has 1 aliphatic carbocycles. The third-order valence-electron chi connectivity index (χ3n) is 4.68. The van der Waals surface area contributed by atoms with Gasteiger partial charge in [-0.25, -0.2) is 0 Å². The monoisotopic (exact) mass is 333 g/mol. The Morgan fingerprint density at radius 2 is 1.92 bits per heavy atom. The van der Waals surface area contributed by atoms with E-state index in [2.05, 4.69) is 17.4 Å². The zero-order chi connectivity index (χ0) is 17.4. The molecule has 0 heterocycles. The summed E-state index contributed by atoms with van der Waals surface area (Å²) >= 11 is 0. The number of amides is 1. The molecule has 5 heteroatoms. The lowest BCUT2D eigenvalue weighted by atomic mass is 10.1. The van der Waals surface area contributed by atoms with Gasteiger partial charge >= 0.3 is 5.97 Å². The minimum atomic E-state index is -0.745. The van der Waals surface area contributed by atoms with Crippen molar-refractivity contribution in [2.45, 2.75) is 57.4 Å². The van der Waals surface area contributed by atoms with E-state index >= 15 is 0 Å². The smallest absolute Gasteiger partial charge is 0.306 e. The van der Waals surface area contributed by atoms with Gasteiger partial charge in [0.2, 0.25) is 5.91 Å². The van der Waals surface area contributed by atoms with Gasteiger partial charge < -0.3 is 15.2 Å². The molecule has 0 spiro atoms. The Labute approximate surface area is 143 Å². The Morgan fingerprint density at radius 1 is 1.17 bits per heavy atom. The molecule has 0 radical (unpaired) electrons. The van der Waals surface area contributed by atoms with Gasteiger partial charge in [-0.2, -0.15) is 0 Å². The highest BCUT2D eigenvalue weighted by atomic mass is 16.5. The standard InChI is InChI=1S/C19H27NO4/c1-24-17-11-7-14(8-12-17)5-3-2-4-6-18(21)20-16-10-9-15(13-16)19(22)23/h7-8,11-12,15-16H,2-6,9-10,13H2,1H3,(H,20,21)(H,22,23)/t15-,16+/m0/s1. The van der Waals surface area contributed by atoms with Crippen LogP contribution >= 0.6 is 0 Å². The van der Waals surface area contributed by atoms with Crippen LogP contribution in [0.5, 0.6) is 5.75 Å². The highest BCUT2D eigenvalue weighted by Gasteiger charge is 2.30. The molecule has 132 valence electrons. The maximum atomic E-state index is 11.9. The zero-order valence-electron chi connectivity index (χ0n) is 14.3. The number of carboxylic acid groups (broad SMARTS) is 1. The lowest BCUT2D eigenvalue weighted by Gasteiger charge is -2.12. The molecule has 1 aromatic rings. The van der Waals surface area contributed by atoms with Gasteiger partial charge in [-0.05, 0) is 56.2 Å². The molecule has 0 aliphatic heterocycles. The van der Waals surface area contributed by atoms with Crippen LogP contribution in [0, 0.1) is 5.92 Å². The summed E-state index contributed by atoms with van der Waals surface area (Å²) in [6, 6.07) is 8.12. The largest absolute Gasteiger partial charge is 0.497 e. The van der Waals surface area contributed by atoms with Crippen molar-refractivity contribution in [3.8, 4) is 5.75 Å². The molecular formula is C19H27NO4. The Morgan fingerprint density at radius 3 is 2.54 bits per heavy atom. The molecule has 1 aliphatic rings. The van der Waals surface area contributed by atoms with E-state index < -0.39 is 5.97 Å². The molecule has 0 aromatic heterocycles. The Kier molecular flexibility index (Phi) is 7.09. The van der Waals surface area contributed by atoms with Gasteiger partial charge in [0.05, 0.1) is 13.0 Å². The normalized spacial score (nSPS) is 19.9. The lowest BCUT2D eigenvalue weighted by molar-refractivity contribution is -0.141. The van der Waals surface area contributed by atoms with Crippen LogP contribution in [0.3, 0.4) is 0 Å². The van der Waals surface area contributed by atoms with Gasteiger partial charge in [-0.15, -0.1) is 0 Å². The zero-order valence-corrected chi connectivity index (χ0v) is 14.3. The van der Waals surface area contributed by atoms with E-state index in [4.69, 9.17) is 9.84 Å². The fourth-order valence-electron chi connectivity index (χ4n) is 3.22.